The van der Waals surface area contributed by atoms with E-state index in [9.17, 15) is 0 Å². The maximum absolute atomic E-state index is 9.17. The van der Waals surface area contributed by atoms with E-state index >= 15 is 0 Å². The Bertz CT molecular complexity index is 580. The van der Waals surface area contributed by atoms with Crippen LogP contribution in [0.15, 0.2) is 22.6 Å². The molecule has 1 saturated heterocycles. The molecule has 0 aliphatic carbocycles. The van der Waals surface area contributed by atoms with Gasteiger partial charge >= 0.3 is 0 Å². The van der Waals surface area contributed by atoms with Crippen molar-refractivity contribution in [2.75, 3.05) is 18.9 Å². The number of nitrogen functional groups attached to an aromatic ring is 1. The number of hydrogen-bond donors (Lipinski definition) is 2. The van der Waals surface area contributed by atoms with E-state index in [-0.39, 0.29) is 6.61 Å². The fourth-order valence-electron chi connectivity index (χ4n) is 2.97. The van der Waals surface area contributed by atoms with Crippen LogP contribution >= 0.6 is 0 Å². The summed E-state index contributed by atoms with van der Waals surface area (Å²) in [4.78, 5) is 6.88. The first kappa shape index (κ1) is 13.4. The van der Waals surface area contributed by atoms with Gasteiger partial charge < -0.3 is 15.3 Å². The molecule has 3 N–H and O–H groups in total. The Labute approximate surface area is 118 Å². The Balaban J connectivity index is 1.77. The Morgan fingerprint density at radius 1 is 1.40 bits per heavy atom. The summed E-state index contributed by atoms with van der Waals surface area (Å²) in [5, 5.41) is 9.17. The van der Waals surface area contributed by atoms with Gasteiger partial charge in [0.1, 0.15) is 5.52 Å². The molecule has 1 fully saturated rings. The maximum Gasteiger partial charge on any atom is 0.209 e. The summed E-state index contributed by atoms with van der Waals surface area (Å²) < 4.78 is 5.78. The van der Waals surface area contributed by atoms with Crippen molar-refractivity contribution in [3.63, 3.8) is 0 Å². The molecule has 0 bridgehead atoms. The summed E-state index contributed by atoms with van der Waals surface area (Å²) in [6, 6.07) is 5.98. The lowest BCUT2D eigenvalue weighted by Gasteiger charge is -2.34. The second-order valence-electron chi connectivity index (χ2n) is 5.47. The number of rotatable bonds is 4. The lowest BCUT2D eigenvalue weighted by Crippen LogP contribution is -2.39. The predicted molar refractivity (Wildman–Crippen MR) is 78.2 cm³/mol. The molecular formula is C15H21N3O2. The lowest BCUT2D eigenvalue weighted by molar-refractivity contribution is 0.104. The normalized spacial score (nSPS) is 20.6. The third kappa shape index (κ3) is 2.78. The molecule has 20 heavy (non-hydrogen) atoms. The highest BCUT2D eigenvalue weighted by Crippen LogP contribution is 2.24. The Morgan fingerprint density at radius 3 is 3.15 bits per heavy atom. The summed E-state index contributed by atoms with van der Waals surface area (Å²) in [5.74, 6) is 0.732. The highest BCUT2D eigenvalue weighted by atomic mass is 16.3. The first-order valence-corrected chi connectivity index (χ1v) is 7.26. The Morgan fingerprint density at radius 2 is 2.30 bits per heavy atom. The third-order valence-electron chi connectivity index (χ3n) is 4.01. The molecule has 1 atom stereocenters. The van der Waals surface area contributed by atoms with Crippen molar-refractivity contribution in [1.82, 2.24) is 9.88 Å². The molecule has 3 rings (SSSR count). The summed E-state index contributed by atoms with van der Waals surface area (Å²) in [7, 11) is 0. The number of piperidine rings is 1. The van der Waals surface area contributed by atoms with Gasteiger partial charge in [0.05, 0.1) is 6.54 Å². The van der Waals surface area contributed by atoms with Crippen LogP contribution in [0.5, 0.6) is 0 Å². The largest absolute Gasteiger partial charge is 0.439 e. The van der Waals surface area contributed by atoms with Gasteiger partial charge in [-0.05, 0) is 37.9 Å². The quantitative estimate of drug-likeness (QED) is 0.836. The maximum atomic E-state index is 9.17. The van der Waals surface area contributed by atoms with Gasteiger partial charge in [0.25, 0.3) is 0 Å². The Kier molecular flexibility index (Phi) is 3.89. The van der Waals surface area contributed by atoms with Crippen LogP contribution in [0, 0.1) is 0 Å². The van der Waals surface area contributed by atoms with Gasteiger partial charge in [0, 0.05) is 24.4 Å². The van der Waals surface area contributed by atoms with Crippen molar-refractivity contribution < 1.29 is 9.52 Å². The standard InChI is InChI=1S/C15H21N3O2/c16-11-4-5-13-14(9-11)20-15(17-13)10-18-7-2-1-3-12(18)6-8-19/h4-5,9,12,19H,1-3,6-8,10,16H2. The highest BCUT2D eigenvalue weighted by molar-refractivity contribution is 5.76. The molecular weight excluding hydrogens is 254 g/mol. The molecule has 1 aromatic heterocycles. The minimum Gasteiger partial charge on any atom is -0.439 e. The van der Waals surface area contributed by atoms with Crippen LogP contribution in [-0.2, 0) is 6.54 Å². The fraction of sp³-hybridized carbons (Fsp3) is 0.533. The number of nitrogens with zero attached hydrogens (tertiary/aromatic N) is 2. The van der Waals surface area contributed by atoms with Gasteiger partial charge in [0.2, 0.25) is 5.89 Å². The van der Waals surface area contributed by atoms with Crippen molar-refractivity contribution in [1.29, 1.82) is 0 Å². The molecule has 5 heteroatoms. The monoisotopic (exact) mass is 275 g/mol. The lowest BCUT2D eigenvalue weighted by atomic mass is 10.00. The van der Waals surface area contributed by atoms with E-state index in [0.717, 1.165) is 36.4 Å². The van der Waals surface area contributed by atoms with E-state index in [1.54, 1.807) is 0 Å². The second kappa shape index (κ2) is 5.81. The van der Waals surface area contributed by atoms with Crippen molar-refractivity contribution in [2.24, 2.45) is 0 Å². The number of anilines is 1. The van der Waals surface area contributed by atoms with Crippen molar-refractivity contribution in [2.45, 2.75) is 38.3 Å². The van der Waals surface area contributed by atoms with Gasteiger partial charge in [-0.3, -0.25) is 4.90 Å². The van der Waals surface area contributed by atoms with Crippen molar-refractivity contribution in [3.05, 3.63) is 24.1 Å². The first-order chi connectivity index (χ1) is 9.76. The van der Waals surface area contributed by atoms with Crippen LogP contribution in [0.4, 0.5) is 5.69 Å². The summed E-state index contributed by atoms with van der Waals surface area (Å²) in [6.45, 7) is 2.00. The SMILES string of the molecule is Nc1ccc2nc(CN3CCCCC3CCO)oc2c1. The zero-order chi connectivity index (χ0) is 13.9. The number of oxazole rings is 1. The zero-order valence-electron chi connectivity index (χ0n) is 11.6. The topological polar surface area (TPSA) is 75.5 Å². The van der Waals surface area contributed by atoms with E-state index in [0.29, 0.717) is 18.3 Å². The molecule has 5 nitrogen and oxygen atoms in total. The molecule has 2 heterocycles. The molecule has 1 aliphatic heterocycles. The smallest absolute Gasteiger partial charge is 0.209 e. The average molecular weight is 275 g/mol. The van der Waals surface area contributed by atoms with E-state index in [1.807, 2.05) is 18.2 Å². The minimum atomic E-state index is 0.241. The molecule has 108 valence electrons. The highest BCUT2D eigenvalue weighted by Gasteiger charge is 2.23. The number of hydrogen-bond acceptors (Lipinski definition) is 5. The molecule has 1 aromatic carbocycles. The van der Waals surface area contributed by atoms with Crippen LogP contribution in [0.2, 0.25) is 0 Å². The van der Waals surface area contributed by atoms with Gasteiger partial charge in [0.15, 0.2) is 5.58 Å². The molecule has 0 amide bonds. The molecule has 0 saturated carbocycles. The Hall–Kier alpha value is -1.59. The van der Waals surface area contributed by atoms with Gasteiger partial charge in [-0.1, -0.05) is 6.42 Å². The third-order valence-corrected chi connectivity index (χ3v) is 4.01. The number of nitrogens with two attached hydrogens (primary N) is 1. The first-order valence-electron chi connectivity index (χ1n) is 7.26. The summed E-state index contributed by atoms with van der Waals surface area (Å²) in [5.41, 5.74) is 8.04. The fourth-order valence-corrected chi connectivity index (χ4v) is 2.97. The summed E-state index contributed by atoms with van der Waals surface area (Å²) in [6.07, 6.45) is 4.42. The number of fused-ring (bicyclic) bond motifs is 1. The molecule has 1 aliphatic rings. The van der Waals surface area contributed by atoms with Crippen molar-refractivity contribution in [3.8, 4) is 0 Å². The molecule has 0 radical (unpaired) electrons. The molecule has 0 spiro atoms. The van der Waals surface area contributed by atoms with Crippen LogP contribution in [0.3, 0.4) is 0 Å². The number of benzene rings is 1. The van der Waals surface area contributed by atoms with E-state index in [2.05, 4.69) is 9.88 Å². The van der Waals surface area contributed by atoms with Gasteiger partial charge in [-0.15, -0.1) is 0 Å². The van der Waals surface area contributed by atoms with Crippen molar-refractivity contribution >= 4 is 16.8 Å². The van der Waals surface area contributed by atoms with Crippen LogP contribution < -0.4 is 5.73 Å². The van der Waals surface area contributed by atoms with Crippen LogP contribution in [-0.4, -0.2) is 34.2 Å². The number of aromatic nitrogens is 1. The van der Waals surface area contributed by atoms with Gasteiger partial charge in [-0.2, -0.15) is 0 Å². The number of aliphatic hydroxyl groups excluding tert-OH is 1. The zero-order valence-corrected chi connectivity index (χ0v) is 11.6. The molecule has 1 unspecified atom stereocenters. The second-order valence-corrected chi connectivity index (χ2v) is 5.47. The van der Waals surface area contributed by atoms with Crippen LogP contribution in [0.1, 0.15) is 31.6 Å². The van der Waals surface area contributed by atoms with E-state index < -0.39 is 0 Å². The number of aliphatic hydroxyl groups is 1. The van der Waals surface area contributed by atoms with Crippen LogP contribution in [0.25, 0.3) is 11.1 Å². The minimum absolute atomic E-state index is 0.241. The predicted octanol–water partition coefficient (Wildman–Crippen LogP) is 2.15. The van der Waals surface area contributed by atoms with Gasteiger partial charge in [-0.25, -0.2) is 4.98 Å². The summed E-state index contributed by atoms with van der Waals surface area (Å²) >= 11 is 0. The number of likely N-dealkylation sites (tertiary alicyclic amines) is 1. The average Bonchev–Trinajstić information content (AvgIpc) is 2.82. The van der Waals surface area contributed by atoms with E-state index in [1.165, 1.54) is 12.8 Å². The molecule has 2 aromatic rings. The van der Waals surface area contributed by atoms with E-state index in [4.69, 9.17) is 15.3 Å².